The van der Waals surface area contributed by atoms with Crippen molar-refractivity contribution < 1.29 is 4.79 Å². The van der Waals surface area contributed by atoms with E-state index in [4.69, 9.17) is 5.73 Å². The van der Waals surface area contributed by atoms with Crippen molar-refractivity contribution in [1.29, 1.82) is 0 Å². The zero-order valence-electron chi connectivity index (χ0n) is 11.3. The van der Waals surface area contributed by atoms with Crippen LogP contribution in [0.15, 0.2) is 36.0 Å². The molecule has 7 heteroatoms. The van der Waals surface area contributed by atoms with Crippen LogP contribution in [0.5, 0.6) is 0 Å². The van der Waals surface area contributed by atoms with E-state index in [1.165, 1.54) is 11.3 Å². The molecule has 0 fully saturated rings. The Balaban J connectivity index is 1.51. The van der Waals surface area contributed by atoms with E-state index in [1.54, 1.807) is 5.38 Å². The third-order valence-corrected chi connectivity index (χ3v) is 3.82. The molecule has 1 aromatic carbocycles. The Morgan fingerprint density at radius 2 is 2.24 bits per heavy atom. The van der Waals surface area contributed by atoms with Gasteiger partial charge >= 0.3 is 0 Å². The van der Waals surface area contributed by atoms with Crippen molar-refractivity contribution in [2.45, 2.75) is 13.0 Å². The molecule has 2 aromatic heterocycles. The first-order valence-corrected chi connectivity index (χ1v) is 7.51. The molecule has 3 aromatic rings. The number of amides is 1. The van der Waals surface area contributed by atoms with Crippen LogP contribution in [0.1, 0.15) is 16.9 Å². The lowest BCUT2D eigenvalue weighted by atomic mass is 10.3. The Bertz CT molecular complexity index is 763. The van der Waals surface area contributed by atoms with Crippen LogP contribution >= 0.6 is 11.3 Å². The zero-order valence-corrected chi connectivity index (χ0v) is 12.1. The molecule has 2 heterocycles. The summed E-state index contributed by atoms with van der Waals surface area (Å²) in [5.41, 5.74) is 7.98. The number of fused-ring (bicyclic) bond motifs is 1. The molecular formula is C14H15N5OS. The van der Waals surface area contributed by atoms with Gasteiger partial charge in [0.15, 0.2) is 5.13 Å². The van der Waals surface area contributed by atoms with E-state index in [1.807, 2.05) is 30.6 Å². The van der Waals surface area contributed by atoms with Crippen LogP contribution in [0.3, 0.4) is 0 Å². The summed E-state index contributed by atoms with van der Waals surface area (Å²) < 4.78 is 2.09. The molecule has 0 radical (unpaired) electrons. The molecule has 0 spiro atoms. The van der Waals surface area contributed by atoms with Gasteiger partial charge in [-0.05, 0) is 18.6 Å². The number of thiazole rings is 1. The maximum Gasteiger partial charge on any atom is 0.270 e. The van der Waals surface area contributed by atoms with Crippen LogP contribution in [0.2, 0.25) is 0 Å². The fraction of sp³-hybridized carbons (Fsp3) is 0.214. The summed E-state index contributed by atoms with van der Waals surface area (Å²) in [5.74, 6) is -0.182. The van der Waals surface area contributed by atoms with Gasteiger partial charge in [0.2, 0.25) is 0 Å². The van der Waals surface area contributed by atoms with Crippen LogP contribution < -0.4 is 11.1 Å². The van der Waals surface area contributed by atoms with E-state index >= 15 is 0 Å². The van der Waals surface area contributed by atoms with E-state index in [2.05, 4.69) is 19.9 Å². The van der Waals surface area contributed by atoms with Gasteiger partial charge in [0, 0.05) is 18.5 Å². The van der Waals surface area contributed by atoms with Gasteiger partial charge < -0.3 is 15.6 Å². The molecular weight excluding hydrogens is 286 g/mol. The lowest BCUT2D eigenvalue weighted by Crippen LogP contribution is -2.25. The summed E-state index contributed by atoms with van der Waals surface area (Å²) in [7, 11) is 0. The van der Waals surface area contributed by atoms with Crippen LogP contribution in [0.4, 0.5) is 5.13 Å². The Hall–Kier alpha value is -2.41. The fourth-order valence-electron chi connectivity index (χ4n) is 2.12. The number of nitrogens with two attached hydrogens (primary N) is 1. The number of nitrogens with one attached hydrogen (secondary N) is 1. The Morgan fingerprint density at radius 3 is 3.05 bits per heavy atom. The van der Waals surface area contributed by atoms with E-state index in [0.29, 0.717) is 17.4 Å². The van der Waals surface area contributed by atoms with Crippen molar-refractivity contribution in [3.8, 4) is 0 Å². The normalized spacial score (nSPS) is 10.9. The Kier molecular flexibility index (Phi) is 3.83. The number of hydrogen-bond acceptors (Lipinski definition) is 5. The van der Waals surface area contributed by atoms with Gasteiger partial charge in [0.25, 0.3) is 5.91 Å². The second-order valence-electron chi connectivity index (χ2n) is 4.61. The number of nitrogens with zero attached hydrogens (tertiary/aromatic N) is 3. The largest absolute Gasteiger partial charge is 0.375 e. The average Bonchev–Trinajstić information content (AvgIpc) is 3.10. The van der Waals surface area contributed by atoms with E-state index in [-0.39, 0.29) is 5.91 Å². The number of hydrogen-bond donors (Lipinski definition) is 2. The summed E-state index contributed by atoms with van der Waals surface area (Å²) in [4.78, 5) is 20.1. The molecule has 0 aliphatic carbocycles. The third kappa shape index (κ3) is 3.03. The summed E-state index contributed by atoms with van der Waals surface area (Å²) in [5, 5.41) is 4.91. The van der Waals surface area contributed by atoms with E-state index in [0.717, 1.165) is 24.0 Å². The zero-order chi connectivity index (χ0) is 14.7. The van der Waals surface area contributed by atoms with Gasteiger partial charge in [0.1, 0.15) is 5.69 Å². The van der Waals surface area contributed by atoms with Crippen molar-refractivity contribution in [3.05, 3.63) is 41.7 Å². The predicted molar refractivity (Wildman–Crippen MR) is 83.2 cm³/mol. The summed E-state index contributed by atoms with van der Waals surface area (Å²) in [6.07, 6.45) is 2.65. The molecule has 108 valence electrons. The maximum atomic E-state index is 11.8. The van der Waals surface area contributed by atoms with Crippen LogP contribution in [-0.4, -0.2) is 27.0 Å². The topological polar surface area (TPSA) is 85.8 Å². The quantitative estimate of drug-likeness (QED) is 0.705. The van der Waals surface area contributed by atoms with Crippen molar-refractivity contribution in [3.63, 3.8) is 0 Å². The average molecular weight is 301 g/mol. The van der Waals surface area contributed by atoms with Gasteiger partial charge in [-0.15, -0.1) is 11.3 Å². The number of aromatic nitrogens is 3. The summed E-state index contributed by atoms with van der Waals surface area (Å²) >= 11 is 1.26. The van der Waals surface area contributed by atoms with Crippen LogP contribution in [0, 0.1) is 0 Å². The SMILES string of the molecule is Nc1nc(C(=O)NCCCn2cnc3ccccc32)cs1. The number of nitrogen functional groups attached to an aromatic ring is 1. The molecule has 0 bridgehead atoms. The number of carbonyl (C=O) groups is 1. The highest BCUT2D eigenvalue weighted by Gasteiger charge is 2.08. The number of anilines is 1. The molecule has 3 rings (SSSR count). The smallest absolute Gasteiger partial charge is 0.270 e. The first-order chi connectivity index (χ1) is 10.2. The van der Waals surface area contributed by atoms with E-state index < -0.39 is 0 Å². The van der Waals surface area contributed by atoms with Gasteiger partial charge in [-0.3, -0.25) is 4.79 Å². The number of rotatable bonds is 5. The maximum absolute atomic E-state index is 11.8. The molecule has 0 saturated carbocycles. The Morgan fingerprint density at radius 1 is 1.38 bits per heavy atom. The highest BCUT2D eigenvalue weighted by atomic mass is 32.1. The number of carbonyl (C=O) groups excluding carboxylic acids is 1. The van der Waals surface area contributed by atoms with Gasteiger partial charge in [-0.25, -0.2) is 9.97 Å². The van der Waals surface area contributed by atoms with Crippen LogP contribution in [0.25, 0.3) is 11.0 Å². The first kappa shape index (κ1) is 13.6. The van der Waals surface area contributed by atoms with Gasteiger partial charge in [-0.2, -0.15) is 0 Å². The van der Waals surface area contributed by atoms with Gasteiger partial charge in [0.05, 0.1) is 17.4 Å². The molecule has 1 amide bonds. The fourth-order valence-corrected chi connectivity index (χ4v) is 2.67. The second kappa shape index (κ2) is 5.92. The van der Waals surface area contributed by atoms with Crippen LogP contribution in [-0.2, 0) is 6.54 Å². The first-order valence-electron chi connectivity index (χ1n) is 6.63. The molecule has 21 heavy (non-hydrogen) atoms. The van der Waals surface area contributed by atoms with Crippen molar-refractivity contribution >= 4 is 33.4 Å². The van der Waals surface area contributed by atoms with Crippen molar-refractivity contribution in [1.82, 2.24) is 19.9 Å². The van der Waals surface area contributed by atoms with Crippen molar-refractivity contribution in [2.75, 3.05) is 12.3 Å². The second-order valence-corrected chi connectivity index (χ2v) is 5.50. The third-order valence-electron chi connectivity index (χ3n) is 3.14. The molecule has 0 aliphatic rings. The molecule has 6 nitrogen and oxygen atoms in total. The van der Waals surface area contributed by atoms with Crippen molar-refractivity contribution in [2.24, 2.45) is 0 Å². The number of para-hydroxylation sites is 2. The standard InChI is InChI=1S/C14H15N5OS/c15-14-18-11(8-21-14)13(20)16-6-3-7-19-9-17-10-4-1-2-5-12(10)19/h1-2,4-5,8-9H,3,6-7H2,(H2,15,18)(H,16,20). The lowest BCUT2D eigenvalue weighted by Gasteiger charge is -2.05. The Labute approximate surface area is 125 Å². The number of aryl methyl sites for hydroxylation is 1. The molecule has 0 saturated heterocycles. The predicted octanol–water partition coefficient (Wildman–Crippen LogP) is 1.90. The highest BCUT2D eigenvalue weighted by molar-refractivity contribution is 7.13. The van der Waals surface area contributed by atoms with E-state index in [9.17, 15) is 4.79 Å². The molecule has 0 atom stereocenters. The number of imidazole rings is 1. The summed E-state index contributed by atoms with van der Waals surface area (Å²) in [6.45, 7) is 1.39. The minimum Gasteiger partial charge on any atom is -0.375 e. The monoisotopic (exact) mass is 301 g/mol. The minimum absolute atomic E-state index is 0.182. The lowest BCUT2D eigenvalue weighted by molar-refractivity contribution is 0.0948. The number of benzene rings is 1. The highest BCUT2D eigenvalue weighted by Crippen LogP contribution is 2.12. The molecule has 0 aliphatic heterocycles. The van der Waals surface area contributed by atoms with Gasteiger partial charge in [-0.1, -0.05) is 12.1 Å². The molecule has 3 N–H and O–H groups in total. The minimum atomic E-state index is -0.182. The molecule has 0 unspecified atom stereocenters. The summed E-state index contributed by atoms with van der Waals surface area (Å²) in [6, 6.07) is 7.99.